The summed E-state index contributed by atoms with van der Waals surface area (Å²) in [5.41, 5.74) is 1.91. The van der Waals surface area contributed by atoms with Crippen LogP contribution >= 0.6 is 0 Å². The molecule has 2 aromatic rings. The molecule has 0 saturated heterocycles. The number of nitrogens with zero attached hydrogens (tertiary/aromatic N) is 1. The number of benzene rings is 1. The fraction of sp³-hybridized carbons (Fsp3) is 0.353. The second-order valence-electron chi connectivity index (χ2n) is 5.59. The summed E-state index contributed by atoms with van der Waals surface area (Å²) in [5, 5.41) is 12.3. The van der Waals surface area contributed by atoms with Gasteiger partial charge in [0.25, 0.3) is 5.91 Å². The number of hydrogen-bond donors (Lipinski definition) is 2. The van der Waals surface area contributed by atoms with Gasteiger partial charge in [-0.15, -0.1) is 0 Å². The predicted molar refractivity (Wildman–Crippen MR) is 86.6 cm³/mol. The van der Waals surface area contributed by atoms with E-state index in [1.54, 1.807) is 12.1 Å². The summed E-state index contributed by atoms with van der Waals surface area (Å²) < 4.78 is 4.84. The lowest BCUT2D eigenvalue weighted by Gasteiger charge is -2.16. The van der Waals surface area contributed by atoms with Gasteiger partial charge < -0.3 is 15.2 Å². The number of hydrogen-bond acceptors (Lipinski definition) is 4. The lowest BCUT2D eigenvalue weighted by atomic mass is 10.0. The van der Waals surface area contributed by atoms with Crippen LogP contribution in [0.2, 0.25) is 0 Å². The first-order chi connectivity index (χ1) is 10.9. The topological polar surface area (TPSA) is 88.5 Å². The number of rotatable bonds is 6. The third-order valence-electron chi connectivity index (χ3n) is 3.51. The molecular formula is C17H20N2O4. The normalized spacial score (nSPS) is 12.3. The second-order valence-corrected chi connectivity index (χ2v) is 5.59. The minimum atomic E-state index is -1.14. The van der Waals surface area contributed by atoms with E-state index in [2.05, 4.69) is 10.3 Å². The van der Waals surface area contributed by atoms with Crippen molar-refractivity contribution in [2.24, 2.45) is 0 Å². The van der Waals surface area contributed by atoms with Crippen molar-refractivity contribution in [3.8, 4) is 0 Å². The van der Waals surface area contributed by atoms with Gasteiger partial charge in [-0.25, -0.2) is 4.79 Å². The Bertz CT molecular complexity index is 728. The summed E-state index contributed by atoms with van der Waals surface area (Å²) in [4.78, 5) is 28.3. The molecule has 6 nitrogen and oxygen atoms in total. The quantitative estimate of drug-likeness (QED) is 0.853. The molecule has 1 aromatic carbocycles. The highest BCUT2D eigenvalue weighted by atomic mass is 16.5. The molecule has 0 aliphatic carbocycles. The third kappa shape index (κ3) is 3.84. The maximum Gasteiger partial charge on any atom is 0.328 e. The summed E-state index contributed by atoms with van der Waals surface area (Å²) in [7, 11) is 1.39. The molecule has 23 heavy (non-hydrogen) atoms. The van der Waals surface area contributed by atoms with Crippen molar-refractivity contribution in [1.82, 2.24) is 10.3 Å². The van der Waals surface area contributed by atoms with Crippen molar-refractivity contribution in [3.63, 3.8) is 0 Å². The van der Waals surface area contributed by atoms with Gasteiger partial charge in [0.2, 0.25) is 0 Å². The van der Waals surface area contributed by atoms with Gasteiger partial charge in [0.05, 0.1) is 17.7 Å². The number of fused-ring (bicyclic) bond motifs is 1. The average molecular weight is 316 g/mol. The number of para-hydroxylation sites is 1. The number of pyridine rings is 1. The smallest absolute Gasteiger partial charge is 0.328 e. The second kappa shape index (κ2) is 7.19. The van der Waals surface area contributed by atoms with Crippen molar-refractivity contribution < 1.29 is 19.4 Å². The molecular weight excluding hydrogens is 296 g/mol. The Balaban J connectivity index is 2.44. The molecule has 122 valence electrons. The van der Waals surface area contributed by atoms with Crippen molar-refractivity contribution >= 4 is 22.8 Å². The first-order valence-electron chi connectivity index (χ1n) is 7.36. The minimum absolute atomic E-state index is 0.0961. The van der Waals surface area contributed by atoms with Gasteiger partial charge in [-0.05, 0) is 18.1 Å². The molecule has 0 aliphatic rings. The molecule has 1 unspecified atom stereocenters. The maximum absolute atomic E-state index is 12.6. The fourth-order valence-corrected chi connectivity index (χ4v) is 2.26. The van der Waals surface area contributed by atoms with E-state index in [0.717, 1.165) is 5.69 Å². The van der Waals surface area contributed by atoms with Crippen LogP contribution in [0.15, 0.2) is 30.3 Å². The Morgan fingerprint density at radius 2 is 2.00 bits per heavy atom. The third-order valence-corrected chi connectivity index (χ3v) is 3.51. The molecule has 1 heterocycles. The van der Waals surface area contributed by atoms with Gasteiger partial charge in [0.15, 0.2) is 6.04 Å². The number of aliphatic carboxylic acids is 1. The van der Waals surface area contributed by atoms with Crippen molar-refractivity contribution in [3.05, 3.63) is 41.6 Å². The number of amides is 1. The SMILES string of the molecule is COCC(NC(=O)c1cc(C(C)C)nc2ccccc12)C(=O)O. The maximum atomic E-state index is 12.6. The van der Waals surface area contributed by atoms with Crippen LogP contribution in [0.5, 0.6) is 0 Å². The molecule has 0 bridgehead atoms. The lowest BCUT2D eigenvalue weighted by molar-refractivity contribution is -0.140. The molecule has 0 spiro atoms. The van der Waals surface area contributed by atoms with E-state index in [0.29, 0.717) is 16.5 Å². The summed E-state index contributed by atoms with van der Waals surface area (Å²) in [5.74, 6) is -1.43. The molecule has 0 radical (unpaired) electrons. The van der Waals surface area contributed by atoms with E-state index >= 15 is 0 Å². The van der Waals surface area contributed by atoms with Gasteiger partial charge in [-0.3, -0.25) is 9.78 Å². The van der Waals surface area contributed by atoms with Gasteiger partial charge in [0.1, 0.15) is 0 Å². The van der Waals surface area contributed by atoms with Gasteiger partial charge in [0, 0.05) is 18.2 Å². The van der Waals surface area contributed by atoms with E-state index in [1.165, 1.54) is 7.11 Å². The monoisotopic (exact) mass is 316 g/mol. The molecule has 2 N–H and O–H groups in total. The van der Waals surface area contributed by atoms with Crippen LogP contribution < -0.4 is 5.32 Å². The zero-order valence-corrected chi connectivity index (χ0v) is 13.4. The van der Waals surface area contributed by atoms with Crippen molar-refractivity contribution in [2.75, 3.05) is 13.7 Å². The van der Waals surface area contributed by atoms with Gasteiger partial charge in [-0.2, -0.15) is 0 Å². The number of nitrogens with one attached hydrogen (secondary N) is 1. The molecule has 2 rings (SSSR count). The summed E-state index contributed by atoms with van der Waals surface area (Å²) in [6.45, 7) is 3.88. The number of carboxylic acids is 1. The molecule has 0 aliphatic heterocycles. The van der Waals surface area contributed by atoms with Crippen LogP contribution in [0, 0.1) is 0 Å². The van der Waals surface area contributed by atoms with Gasteiger partial charge >= 0.3 is 5.97 Å². The summed E-state index contributed by atoms with van der Waals surface area (Å²) in [6, 6.07) is 7.93. The number of carbonyl (C=O) groups is 2. The highest BCUT2D eigenvalue weighted by Gasteiger charge is 2.22. The van der Waals surface area contributed by atoms with E-state index in [1.807, 2.05) is 32.0 Å². The fourth-order valence-electron chi connectivity index (χ4n) is 2.26. The molecule has 1 amide bonds. The van der Waals surface area contributed by atoms with E-state index in [-0.39, 0.29) is 12.5 Å². The lowest BCUT2D eigenvalue weighted by Crippen LogP contribution is -2.43. The van der Waals surface area contributed by atoms with Gasteiger partial charge in [-0.1, -0.05) is 32.0 Å². The van der Waals surface area contributed by atoms with Crippen molar-refractivity contribution in [1.29, 1.82) is 0 Å². The Kier molecular flexibility index (Phi) is 5.28. The number of carbonyl (C=O) groups excluding carboxylic acids is 1. The van der Waals surface area contributed by atoms with Crippen molar-refractivity contribution in [2.45, 2.75) is 25.8 Å². The predicted octanol–water partition coefficient (Wildman–Crippen LogP) is 2.19. The van der Waals surface area contributed by atoms with Crippen LogP contribution in [0.4, 0.5) is 0 Å². The van der Waals surface area contributed by atoms with Crippen LogP contribution in [0.25, 0.3) is 10.9 Å². The highest BCUT2D eigenvalue weighted by Crippen LogP contribution is 2.22. The molecule has 1 aromatic heterocycles. The Morgan fingerprint density at radius 3 is 2.61 bits per heavy atom. The summed E-state index contributed by atoms with van der Waals surface area (Å²) in [6.07, 6.45) is 0. The first-order valence-corrected chi connectivity index (χ1v) is 7.36. The first kappa shape index (κ1) is 16.9. The number of carboxylic acid groups (broad SMARTS) is 1. The number of methoxy groups -OCH3 is 1. The number of ether oxygens (including phenoxy) is 1. The summed E-state index contributed by atoms with van der Waals surface area (Å²) >= 11 is 0. The van der Waals surface area contributed by atoms with Crippen LogP contribution in [0.3, 0.4) is 0 Å². The average Bonchev–Trinajstić information content (AvgIpc) is 2.53. The Hall–Kier alpha value is -2.47. The van der Waals surface area contributed by atoms with Crippen LogP contribution in [0.1, 0.15) is 35.8 Å². The van der Waals surface area contributed by atoms with E-state index < -0.39 is 17.9 Å². The standard InChI is InChI=1S/C17H20N2O4/c1-10(2)14-8-12(11-6-4-5-7-13(11)18-14)16(20)19-15(9-23-3)17(21)22/h4-8,10,15H,9H2,1-3H3,(H,19,20)(H,21,22). The zero-order valence-electron chi connectivity index (χ0n) is 13.4. The number of aromatic nitrogens is 1. The van der Waals surface area contributed by atoms with Crippen LogP contribution in [-0.4, -0.2) is 41.7 Å². The molecule has 6 heteroatoms. The van der Waals surface area contributed by atoms with Crippen LogP contribution in [-0.2, 0) is 9.53 Å². The largest absolute Gasteiger partial charge is 0.480 e. The Morgan fingerprint density at radius 1 is 1.30 bits per heavy atom. The van der Waals surface area contributed by atoms with E-state index in [4.69, 9.17) is 9.84 Å². The molecule has 0 fully saturated rings. The highest BCUT2D eigenvalue weighted by molar-refractivity contribution is 6.07. The Labute approximate surface area is 134 Å². The molecule has 0 saturated carbocycles. The van der Waals surface area contributed by atoms with E-state index in [9.17, 15) is 9.59 Å². The zero-order chi connectivity index (χ0) is 17.0. The minimum Gasteiger partial charge on any atom is -0.480 e. The molecule has 1 atom stereocenters.